The number of hydrazine groups is 1. The van der Waals surface area contributed by atoms with Gasteiger partial charge in [-0.25, -0.2) is 0 Å². The summed E-state index contributed by atoms with van der Waals surface area (Å²) in [6.45, 7) is 27.5. The van der Waals surface area contributed by atoms with Gasteiger partial charge in [0.05, 0.1) is 44.2 Å². The number of nitrogens with one attached hydrogen (secondary N) is 1. The van der Waals surface area contributed by atoms with Crippen LogP contribution in [0.15, 0.2) is 16.6 Å². The summed E-state index contributed by atoms with van der Waals surface area (Å²) < 4.78 is 13.8. The molecule has 12 atom stereocenters. The fraction of sp³-hybridized carbons (Fsp3) is 0.897. The van der Waals surface area contributed by atoms with E-state index < -0.39 is 11.5 Å². The highest BCUT2D eigenvalue weighted by Gasteiger charge is 2.72. The Morgan fingerprint density at radius 3 is 2.43 bits per heavy atom. The van der Waals surface area contributed by atoms with Crippen molar-refractivity contribution in [1.82, 2.24) is 10.4 Å². The number of fused-ring (bicyclic) bond motifs is 3. The minimum atomic E-state index is -0.606. The van der Waals surface area contributed by atoms with E-state index in [1.54, 1.807) is 5.57 Å². The molecule has 6 rings (SSSR count). The van der Waals surface area contributed by atoms with Crippen LogP contribution in [0.4, 0.5) is 0 Å². The number of nitrogens with two attached hydrogens (primary N) is 1. The molecule has 0 radical (unpaired) electrons. The van der Waals surface area contributed by atoms with Crippen LogP contribution in [0.1, 0.15) is 115 Å². The van der Waals surface area contributed by atoms with E-state index in [0.717, 1.165) is 45.1 Å². The van der Waals surface area contributed by atoms with E-state index >= 15 is 0 Å². The van der Waals surface area contributed by atoms with Gasteiger partial charge in [-0.2, -0.15) is 5.01 Å². The third kappa shape index (κ3) is 4.87. The van der Waals surface area contributed by atoms with Gasteiger partial charge in [0.1, 0.15) is 6.67 Å². The zero-order valence-electron chi connectivity index (χ0n) is 31.4. The number of hydrogen-bond acceptors (Lipinski definition) is 7. The minimum absolute atomic E-state index is 0.0637. The maximum absolute atomic E-state index is 13.4. The molecule has 0 aromatic rings. The first-order chi connectivity index (χ1) is 21.7. The van der Waals surface area contributed by atoms with Crippen molar-refractivity contribution in [3.05, 3.63) is 11.6 Å². The fourth-order valence-electron chi connectivity index (χ4n) is 12.1. The van der Waals surface area contributed by atoms with E-state index in [2.05, 4.69) is 97.7 Å². The maximum atomic E-state index is 13.4. The first-order valence-electron chi connectivity index (χ1n) is 18.6. The lowest BCUT2D eigenvalue weighted by atomic mass is 9.34. The molecule has 8 heteroatoms. The topological polar surface area (TPSA) is 109 Å². The van der Waals surface area contributed by atoms with Gasteiger partial charge in [0.2, 0.25) is 0 Å². The molecule has 6 aliphatic rings. The average Bonchev–Trinajstić information content (AvgIpc) is 3.50. The lowest BCUT2D eigenvalue weighted by Crippen LogP contribution is -2.72. The van der Waals surface area contributed by atoms with E-state index in [4.69, 9.17) is 15.2 Å². The number of hydrogen-bond donors (Lipinski definition) is 3. The highest BCUT2D eigenvalue weighted by Crippen LogP contribution is 2.75. The summed E-state index contributed by atoms with van der Waals surface area (Å²) in [5, 5.41) is 13.3. The molecule has 2 aliphatic heterocycles. The Hall–Kier alpha value is -1.48. The summed E-state index contributed by atoms with van der Waals surface area (Å²) in [4.78, 5) is 18.0. The Labute approximate surface area is 285 Å². The van der Waals surface area contributed by atoms with E-state index in [9.17, 15) is 9.90 Å². The average molecular weight is 655 g/mol. The molecule has 266 valence electrons. The summed E-state index contributed by atoms with van der Waals surface area (Å²) in [6.07, 6.45) is 10.3. The Morgan fingerprint density at radius 2 is 1.83 bits per heavy atom. The Bertz CT molecular complexity index is 1300. The van der Waals surface area contributed by atoms with Crippen LogP contribution in [-0.4, -0.2) is 66.6 Å². The second-order valence-corrected chi connectivity index (χ2v) is 19.6. The van der Waals surface area contributed by atoms with Crippen molar-refractivity contribution in [2.24, 2.45) is 72.8 Å². The molecule has 0 spiro atoms. The van der Waals surface area contributed by atoms with Gasteiger partial charge in [-0.15, -0.1) is 0 Å². The second-order valence-electron chi connectivity index (χ2n) is 19.6. The van der Waals surface area contributed by atoms with Crippen LogP contribution in [0, 0.1) is 62.1 Å². The monoisotopic (exact) mass is 655 g/mol. The normalized spacial score (nSPS) is 46.8. The molecule has 0 amide bonds. The number of allylic oxidation sites excluding steroid dienone is 1. The lowest BCUT2D eigenvalue weighted by Gasteiger charge is -2.71. The molecule has 1 saturated heterocycles. The van der Waals surface area contributed by atoms with Crippen LogP contribution >= 0.6 is 0 Å². The largest absolute Gasteiger partial charge is 0.481 e. The summed E-state index contributed by atoms with van der Waals surface area (Å²) >= 11 is 0. The number of aliphatic imine (C=N–C) groups is 1. The van der Waals surface area contributed by atoms with Gasteiger partial charge in [-0.3, -0.25) is 9.79 Å². The zero-order chi connectivity index (χ0) is 34.6. The van der Waals surface area contributed by atoms with Crippen molar-refractivity contribution in [2.45, 2.75) is 132 Å². The molecule has 4 N–H and O–H groups in total. The van der Waals surface area contributed by atoms with Crippen molar-refractivity contribution >= 4 is 12.3 Å². The third-order valence-electron chi connectivity index (χ3n) is 16.3. The van der Waals surface area contributed by atoms with Crippen LogP contribution in [0.25, 0.3) is 0 Å². The molecule has 2 heterocycles. The van der Waals surface area contributed by atoms with Crippen molar-refractivity contribution < 1.29 is 19.4 Å². The van der Waals surface area contributed by atoms with Crippen molar-refractivity contribution in [3.8, 4) is 0 Å². The number of carbonyl (C=O) groups is 1. The Kier molecular flexibility index (Phi) is 8.47. The summed E-state index contributed by atoms with van der Waals surface area (Å²) in [5.74, 6) is 0.547. The molecule has 3 saturated carbocycles. The van der Waals surface area contributed by atoms with E-state index in [1.165, 1.54) is 0 Å². The molecule has 0 aromatic heterocycles. The molecule has 4 fully saturated rings. The highest BCUT2D eigenvalue weighted by atomic mass is 16.5. The van der Waals surface area contributed by atoms with Crippen LogP contribution in [-0.2, 0) is 14.3 Å². The van der Waals surface area contributed by atoms with Crippen molar-refractivity contribution in [3.63, 3.8) is 0 Å². The molecule has 4 aliphatic carbocycles. The van der Waals surface area contributed by atoms with Crippen LogP contribution in [0.5, 0.6) is 0 Å². The van der Waals surface area contributed by atoms with Crippen LogP contribution in [0.3, 0.4) is 0 Å². The predicted octanol–water partition coefficient (Wildman–Crippen LogP) is 6.90. The standard InChI is InChI=1S/C39H66N4O4/c1-24(2)25(3)34(7)16-17-36(9)26-12-13-29-35(8)19-46-21-39(29,27(26)14-15-37(36,10)30(34)32(44)45)18-28(43-23-41-22-42-43)31(35)47-20-38(11,40)33(4,5)6/h14,22,24-26,28-31H,12-13,15-21,23,40H2,1-11H3,(H,41,42)(H,44,45)/t25-,26+,28-,29+,30-,31+,34-,35+,36-,37+,38-,39?/m1/s1. The first-order valence-corrected chi connectivity index (χ1v) is 18.6. The van der Waals surface area contributed by atoms with Crippen molar-refractivity contribution in [1.29, 1.82) is 0 Å². The number of aliphatic carboxylic acids is 1. The lowest BCUT2D eigenvalue weighted by molar-refractivity contribution is -0.259. The number of carboxylic acids is 1. The van der Waals surface area contributed by atoms with E-state index in [1.807, 2.05) is 6.34 Å². The maximum Gasteiger partial charge on any atom is 0.307 e. The SMILES string of the molecule is CC(C)[C@@H](C)[C@@]1(C)CC[C@]2(C)[C@H]3CC[C@@H]4C5(COC[C@]4(C)[C@@H](OC[C@@](C)(N)C(C)(C)C)[C@H](N4CN=CN4)C5)C3=CC[C@@]2(C)[C@@H]1C(=O)O. The molecule has 1 unspecified atom stereocenters. The van der Waals surface area contributed by atoms with E-state index in [0.29, 0.717) is 43.6 Å². The number of rotatable bonds is 7. The summed E-state index contributed by atoms with van der Waals surface area (Å²) in [6, 6.07) is 0.104. The molecular formula is C39H66N4O4. The fourth-order valence-corrected chi connectivity index (χ4v) is 12.1. The number of carboxylic acid groups (broad SMARTS) is 1. The van der Waals surface area contributed by atoms with Gasteiger partial charge in [-0.1, -0.05) is 80.9 Å². The van der Waals surface area contributed by atoms with Gasteiger partial charge < -0.3 is 25.7 Å². The molecule has 8 nitrogen and oxygen atoms in total. The van der Waals surface area contributed by atoms with Gasteiger partial charge in [0.15, 0.2) is 0 Å². The van der Waals surface area contributed by atoms with Gasteiger partial charge in [-0.05, 0) is 90.8 Å². The van der Waals surface area contributed by atoms with Gasteiger partial charge in [0.25, 0.3) is 0 Å². The van der Waals surface area contributed by atoms with Crippen LogP contribution in [0.2, 0.25) is 0 Å². The predicted molar refractivity (Wildman–Crippen MR) is 187 cm³/mol. The van der Waals surface area contributed by atoms with E-state index in [-0.39, 0.29) is 50.6 Å². The molecular weight excluding hydrogens is 588 g/mol. The first kappa shape index (κ1) is 35.3. The minimum Gasteiger partial charge on any atom is -0.481 e. The van der Waals surface area contributed by atoms with Gasteiger partial charge in [0, 0.05) is 16.4 Å². The van der Waals surface area contributed by atoms with Crippen LogP contribution < -0.4 is 11.2 Å². The Morgan fingerprint density at radius 1 is 1.13 bits per heavy atom. The molecule has 2 bridgehead atoms. The highest BCUT2D eigenvalue weighted by molar-refractivity contribution is 5.73. The van der Waals surface area contributed by atoms with Gasteiger partial charge >= 0.3 is 5.97 Å². The van der Waals surface area contributed by atoms with Crippen molar-refractivity contribution in [2.75, 3.05) is 26.5 Å². The molecule has 0 aromatic carbocycles. The summed E-state index contributed by atoms with van der Waals surface area (Å²) in [7, 11) is 0. The summed E-state index contributed by atoms with van der Waals surface area (Å²) in [5.41, 5.74) is 10.4. The Balaban J connectivity index is 1.41. The third-order valence-corrected chi connectivity index (χ3v) is 16.3. The second kappa shape index (κ2) is 11.3. The number of ether oxygens (including phenoxy) is 2. The number of nitrogens with zero attached hydrogens (tertiary/aromatic N) is 2. The molecule has 47 heavy (non-hydrogen) atoms. The quantitative estimate of drug-likeness (QED) is 0.256. The zero-order valence-corrected chi connectivity index (χ0v) is 31.4. The smallest absolute Gasteiger partial charge is 0.307 e.